The number of hydrogen-bond donors (Lipinski definition) is 1. The van der Waals surface area contributed by atoms with E-state index in [9.17, 15) is 9.50 Å². The molecule has 0 unspecified atom stereocenters. The second kappa shape index (κ2) is 7.42. The van der Waals surface area contributed by atoms with Crippen LogP contribution in [0.5, 0.6) is 0 Å². The molecule has 150 valence electrons. The van der Waals surface area contributed by atoms with Crippen molar-refractivity contribution in [2.75, 3.05) is 0 Å². The zero-order valence-electron chi connectivity index (χ0n) is 16.6. The molecule has 3 nitrogen and oxygen atoms in total. The van der Waals surface area contributed by atoms with Gasteiger partial charge in [0.1, 0.15) is 17.2 Å². The first-order valence-corrected chi connectivity index (χ1v) is 10.7. The number of imidazole rings is 1. The molecule has 1 N–H and O–H groups in total. The van der Waals surface area contributed by atoms with Gasteiger partial charge in [-0.15, -0.1) is 0 Å². The molecule has 2 fully saturated rings. The van der Waals surface area contributed by atoms with Crippen molar-refractivity contribution < 1.29 is 9.50 Å². The van der Waals surface area contributed by atoms with Crippen molar-refractivity contribution >= 4 is 0 Å². The molecule has 0 atom stereocenters. The fourth-order valence-corrected chi connectivity index (χ4v) is 4.60. The van der Waals surface area contributed by atoms with Crippen LogP contribution in [0.1, 0.15) is 55.7 Å². The van der Waals surface area contributed by atoms with Gasteiger partial charge in [0.25, 0.3) is 0 Å². The Bertz CT molecular complexity index is 968. The summed E-state index contributed by atoms with van der Waals surface area (Å²) in [4.78, 5) is 4.93. The minimum absolute atomic E-state index is 0.198. The Hall–Kier alpha value is -2.46. The molecule has 2 aromatic carbocycles. The number of nitrogens with zero attached hydrogens (tertiary/aromatic N) is 2. The zero-order chi connectivity index (χ0) is 19.8. The topological polar surface area (TPSA) is 38.0 Å². The molecule has 0 radical (unpaired) electrons. The van der Waals surface area contributed by atoms with Crippen LogP contribution in [0, 0.1) is 11.7 Å². The Morgan fingerprint density at radius 1 is 0.966 bits per heavy atom. The average molecular weight is 391 g/mol. The minimum atomic E-state index is -0.880. The first-order valence-electron chi connectivity index (χ1n) is 10.7. The fraction of sp³-hybridized carbons (Fsp3) is 0.400. The van der Waals surface area contributed by atoms with Crippen LogP contribution in [0.4, 0.5) is 4.39 Å². The summed E-state index contributed by atoms with van der Waals surface area (Å²) in [5.41, 5.74) is 2.18. The van der Waals surface area contributed by atoms with Crippen LogP contribution < -0.4 is 0 Å². The fourth-order valence-electron chi connectivity index (χ4n) is 4.60. The Morgan fingerprint density at radius 3 is 2.31 bits per heavy atom. The number of benzene rings is 2. The monoisotopic (exact) mass is 390 g/mol. The van der Waals surface area contributed by atoms with E-state index >= 15 is 0 Å². The second-order valence-corrected chi connectivity index (χ2v) is 8.77. The molecule has 1 heterocycles. The number of aliphatic hydroxyl groups is 1. The summed E-state index contributed by atoms with van der Waals surface area (Å²) in [7, 11) is 0. The summed E-state index contributed by atoms with van der Waals surface area (Å²) in [5.74, 6) is 1.87. The third-order valence-corrected chi connectivity index (χ3v) is 6.59. The van der Waals surface area contributed by atoms with E-state index < -0.39 is 5.60 Å². The van der Waals surface area contributed by atoms with Crippen molar-refractivity contribution in [1.29, 1.82) is 0 Å². The van der Waals surface area contributed by atoms with Gasteiger partial charge < -0.3 is 9.67 Å². The lowest BCUT2D eigenvalue weighted by molar-refractivity contribution is -0.00928. The molecule has 2 aliphatic carbocycles. The highest BCUT2D eigenvalue weighted by Gasteiger charge is 2.38. The highest BCUT2D eigenvalue weighted by molar-refractivity contribution is 5.56. The van der Waals surface area contributed by atoms with Gasteiger partial charge in [-0.3, -0.25) is 0 Å². The predicted octanol–water partition coefficient (Wildman–Crippen LogP) is 5.64. The molecule has 0 spiro atoms. The van der Waals surface area contributed by atoms with E-state index in [0.717, 1.165) is 47.9 Å². The molecule has 29 heavy (non-hydrogen) atoms. The van der Waals surface area contributed by atoms with Crippen LogP contribution in [0.2, 0.25) is 0 Å². The van der Waals surface area contributed by atoms with Gasteiger partial charge in [-0.25, -0.2) is 9.37 Å². The lowest BCUT2D eigenvalue weighted by Crippen LogP contribution is -2.31. The van der Waals surface area contributed by atoms with E-state index in [1.54, 1.807) is 0 Å². The highest BCUT2D eigenvalue weighted by Crippen LogP contribution is 2.44. The van der Waals surface area contributed by atoms with Gasteiger partial charge in [-0.2, -0.15) is 0 Å². The molecule has 0 bridgehead atoms. The summed E-state index contributed by atoms with van der Waals surface area (Å²) in [5, 5.41) is 11.4. The smallest absolute Gasteiger partial charge is 0.140 e. The summed E-state index contributed by atoms with van der Waals surface area (Å²) in [6.45, 7) is 0.978. The molecular formula is C25H27FN2O. The van der Waals surface area contributed by atoms with Gasteiger partial charge in [0, 0.05) is 18.3 Å². The number of hydrogen-bond acceptors (Lipinski definition) is 2. The van der Waals surface area contributed by atoms with Gasteiger partial charge in [0.15, 0.2) is 0 Å². The van der Waals surface area contributed by atoms with Gasteiger partial charge in [0.2, 0.25) is 0 Å². The molecule has 5 rings (SSSR count). The van der Waals surface area contributed by atoms with Crippen molar-refractivity contribution in [3.63, 3.8) is 0 Å². The number of halogens is 1. The van der Waals surface area contributed by atoms with E-state index in [-0.39, 0.29) is 5.82 Å². The van der Waals surface area contributed by atoms with E-state index in [1.807, 2.05) is 30.3 Å². The Morgan fingerprint density at radius 2 is 1.66 bits per heavy atom. The van der Waals surface area contributed by atoms with Crippen LogP contribution in [-0.2, 0) is 12.1 Å². The maximum absolute atomic E-state index is 13.2. The maximum Gasteiger partial charge on any atom is 0.140 e. The summed E-state index contributed by atoms with van der Waals surface area (Å²) < 4.78 is 15.5. The average Bonchev–Trinajstić information content (AvgIpc) is 3.46. The summed E-state index contributed by atoms with van der Waals surface area (Å²) in [6.07, 6.45) is 7.79. The molecule has 1 aromatic heterocycles. The van der Waals surface area contributed by atoms with E-state index in [4.69, 9.17) is 4.98 Å². The minimum Gasteiger partial charge on any atom is -0.383 e. The first kappa shape index (κ1) is 18.6. The van der Waals surface area contributed by atoms with Crippen molar-refractivity contribution in [2.24, 2.45) is 5.92 Å². The maximum atomic E-state index is 13.2. The number of rotatable bonds is 5. The SMILES string of the molecule is OC1(c2cn(CC3CC3)c(-c3ccccc3)n2)CCC(c2ccc(F)cc2)CC1. The molecule has 2 aliphatic rings. The summed E-state index contributed by atoms with van der Waals surface area (Å²) in [6, 6.07) is 17.1. The zero-order valence-corrected chi connectivity index (χ0v) is 16.6. The van der Waals surface area contributed by atoms with Gasteiger partial charge in [-0.05, 0) is 68.1 Å². The van der Waals surface area contributed by atoms with Gasteiger partial charge >= 0.3 is 0 Å². The second-order valence-electron chi connectivity index (χ2n) is 8.77. The molecule has 4 heteroatoms. The van der Waals surface area contributed by atoms with Crippen LogP contribution in [0.25, 0.3) is 11.4 Å². The van der Waals surface area contributed by atoms with Crippen molar-refractivity contribution in [2.45, 2.75) is 56.6 Å². The van der Waals surface area contributed by atoms with E-state index in [0.29, 0.717) is 18.8 Å². The van der Waals surface area contributed by atoms with Crippen molar-refractivity contribution in [1.82, 2.24) is 9.55 Å². The molecule has 0 saturated heterocycles. The lowest BCUT2D eigenvalue weighted by Gasteiger charge is -2.35. The third-order valence-electron chi connectivity index (χ3n) is 6.59. The van der Waals surface area contributed by atoms with Gasteiger partial charge in [0.05, 0.1) is 5.69 Å². The normalized spacial score (nSPS) is 24.6. The Balaban J connectivity index is 1.39. The first-order chi connectivity index (χ1) is 14.1. The van der Waals surface area contributed by atoms with Crippen LogP contribution >= 0.6 is 0 Å². The Kier molecular flexibility index (Phi) is 4.75. The van der Waals surface area contributed by atoms with Gasteiger partial charge in [-0.1, -0.05) is 42.5 Å². The number of aromatic nitrogens is 2. The molecule has 2 saturated carbocycles. The third kappa shape index (κ3) is 3.86. The van der Waals surface area contributed by atoms with E-state index in [2.05, 4.69) is 22.9 Å². The standard InChI is InChI=1S/C25H27FN2O/c26-22-10-8-19(9-11-22)20-12-14-25(29,15-13-20)23-17-28(16-18-6-7-18)24(27-23)21-4-2-1-3-5-21/h1-5,8-11,17-18,20,29H,6-7,12-16H2. The van der Waals surface area contributed by atoms with Crippen LogP contribution in [0.15, 0.2) is 60.8 Å². The summed E-state index contributed by atoms with van der Waals surface area (Å²) >= 11 is 0. The largest absolute Gasteiger partial charge is 0.383 e. The lowest BCUT2D eigenvalue weighted by atomic mass is 9.75. The Labute approximate surface area is 171 Å². The predicted molar refractivity (Wildman–Crippen MR) is 112 cm³/mol. The van der Waals surface area contributed by atoms with Crippen molar-refractivity contribution in [3.8, 4) is 11.4 Å². The molecule has 3 aromatic rings. The van der Waals surface area contributed by atoms with Crippen LogP contribution in [-0.4, -0.2) is 14.7 Å². The van der Waals surface area contributed by atoms with Crippen molar-refractivity contribution in [3.05, 3.63) is 77.9 Å². The van der Waals surface area contributed by atoms with E-state index in [1.165, 1.54) is 25.0 Å². The molecule has 0 aliphatic heterocycles. The highest BCUT2D eigenvalue weighted by atomic mass is 19.1. The van der Waals surface area contributed by atoms with Crippen LogP contribution in [0.3, 0.4) is 0 Å². The molecular weight excluding hydrogens is 363 g/mol. The quantitative estimate of drug-likeness (QED) is 0.612. The molecule has 0 amide bonds.